The van der Waals surface area contributed by atoms with E-state index in [1.807, 2.05) is 17.1 Å². The SMILES string of the molecule is CC(C)OC1C(OC2OC=C3C(=O)OC4CCC(CO)C4CSSC4C5CC6CC(CCC2(C=CCSS5)C3C=CC2=C(NC(N)=NCCCO)C(C(=O)O)=CN(C2)C4CO)N=C(N)N6)OC(CO)C(O)C1(O)O. The number of hydrogen-bond donors (Lipinski definition) is 12. The zero-order valence-electron chi connectivity index (χ0n) is 41.3. The first-order valence-electron chi connectivity index (χ1n) is 25.1. The van der Waals surface area contributed by atoms with Gasteiger partial charge >= 0.3 is 11.9 Å². The monoisotopic (exact) mass is 1110 g/mol. The molecule has 7 heterocycles. The average molecular weight is 1110 g/mol. The van der Waals surface area contributed by atoms with E-state index in [-0.39, 0.29) is 103 Å². The number of esters is 1. The first-order chi connectivity index (χ1) is 35.5. The van der Waals surface area contributed by atoms with Gasteiger partial charge in [-0.05, 0) is 70.3 Å². The van der Waals surface area contributed by atoms with Gasteiger partial charge in [-0.3, -0.25) is 9.98 Å². The summed E-state index contributed by atoms with van der Waals surface area (Å²) in [4.78, 5) is 39.8. The average Bonchev–Trinajstić information content (AvgIpc) is 3.74. The maximum absolute atomic E-state index is 15.2. The van der Waals surface area contributed by atoms with Crippen LogP contribution in [0.3, 0.4) is 0 Å². The van der Waals surface area contributed by atoms with Crippen molar-refractivity contribution in [1.82, 2.24) is 15.5 Å². The van der Waals surface area contributed by atoms with E-state index in [9.17, 15) is 45.6 Å². The van der Waals surface area contributed by atoms with E-state index in [0.29, 0.717) is 55.6 Å². The van der Waals surface area contributed by atoms with Crippen molar-refractivity contribution in [1.29, 1.82) is 0 Å². The largest absolute Gasteiger partial charge is 0.478 e. The lowest BCUT2D eigenvalue weighted by Gasteiger charge is -2.51. The first-order valence-corrected chi connectivity index (χ1v) is 29.9. The van der Waals surface area contributed by atoms with Crippen LogP contribution in [0.1, 0.15) is 58.8 Å². The number of carboxylic acid groups (broad SMARTS) is 1. The number of carbonyl (C=O) groups is 2. The number of nitrogens with zero attached hydrogens (tertiary/aromatic N) is 3. The molecule has 8 bridgehead atoms. The van der Waals surface area contributed by atoms with Gasteiger partial charge < -0.3 is 91.5 Å². The van der Waals surface area contributed by atoms with E-state index >= 15 is 4.79 Å². The first kappa shape index (κ1) is 57.0. The Morgan fingerprint density at radius 1 is 1.11 bits per heavy atom. The second-order valence-electron chi connectivity index (χ2n) is 20.1. The molecule has 0 radical (unpaired) electrons. The number of aliphatic imine (C=N–C) groups is 2. The lowest BCUT2D eigenvalue weighted by molar-refractivity contribution is -0.417. The molecule has 1 spiro atoms. The van der Waals surface area contributed by atoms with Crippen LogP contribution in [0.5, 0.6) is 0 Å². The Kier molecular flexibility index (Phi) is 19.3. The van der Waals surface area contributed by atoms with E-state index < -0.39 is 84.8 Å². The number of guanidine groups is 2. The van der Waals surface area contributed by atoms with Crippen molar-refractivity contribution in [2.75, 3.05) is 51.0 Å². The van der Waals surface area contributed by atoms with Gasteiger partial charge in [-0.15, -0.1) is 0 Å². The molecule has 8 rings (SSSR count). The fourth-order valence-corrected chi connectivity index (χ4v) is 18.1. The van der Waals surface area contributed by atoms with E-state index in [0.717, 1.165) is 0 Å². The van der Waals surface area contributed by atoms with Gasteiger partial charge in [0.25, 0.3) is 0 Å². The highest BCUT2D eigenvalue weighted by Gasteiger charge is 2.60. The molecule has 0 aromatic rings. The summed E-state index contributed by atoms with van der Waals surface area (Å²) in [5.74, 6) is -5.49. The quantitative estimate of drug-likeness (QED) is 0.0239. The van der Waals surface area contributed by atoms with Crippen LogP contribution in [0.4, 0.5) is 0 Å². The maximum Gasteiger partial charge on any atom is 0.339 e. The summed E-state index contributed by atoms with van der Waals surface area (Å²) in [5.41, 5.74) is 11.9. The highest BCUT2D eigenvalue weighted by atomic mass is 33.1. The van der Waals surface area contributed by atoms with Crippen molar-refractivity contribution in [3.8, 4) is 0 Å². The lowest BCUT2D eigenvalue weighted by Crippen LogP contribution is -2.69. The lowest BCUT2D eigenvalue weighted by atomic mass is 9.66. The summed E-state index contributed by atoms with van der Waals surface area (Å²) in [7, 11) is 6.35. The Morgan fingerprint density at radius 2 is 1.92 bits per heavy atom. The van der Waals surface area contributed by atoms with Gasteiger partial charge in [-0.25, -0.2) is 9.59 Å². The minimum absolute atomic E-state index is 0.0389. The zero-order valence-corrected chi connectivity index (χ0v) is 44.6. The molecular weight excluding hydrogens is 1040 g/mol. The maximum atomic E-state index is 15.2. The second-order valence-corrected chi connectivity index (χ2v) is 25.4. The Morgan fingerprint density at radius 3 is 2.65 bits per heavy atom. The van der Waals surface area contributed by atoms with Gasteiger partial charge in [0, 0.05) is 67.1 Å². The highest BCUT2D eigenvalue weighted by molar-refractivity contribution is 8.78. The van der Waals surface area contributed by atoms with Gasteiger partial charge in [0.2, 0.25) is 12.1 Å². The molecule has 0 aromatic carbocycles. The molecule has 0 amide bonds. The minimum atomic E-state index is -3.00. The standard InChI is InChI=1S/C48H71N7O15S4/c1-24(2)67-40-43(69-35(21-59)39(60)48(40,64)65)70-44-47-10-3-14-71-73-36(16-28-15-27(9-11-47)52-46(50)53-28)38-33(20-58)55-17-25(37(29(18-55)41(61)62)54-45(49)51-12-4-13-56)5-7-32(47)30(22-66-44)42(63)68-34-8-6-26(19-57)31(34)23-72-74-38/h3,5,7,10,18,22,24,26-28,31-36,38-40,43-44,56-60,64-65H,4,6,8-9,11-17,19-21,23H2,1-2H3,(H,61,62)(H3,49,51,54)(H3,50,52,53). The summed E-state index contributed by atoms with van der Waals surface area (Å²) in [5, 5.41) is 93.3. The number of rotatable bonds is 12. The van der Waals surface area contributed by atoms with E-state index in [1.165, 1.54) is 12.5 Å². The van der Waals surface area contributed by atoms with Crippen molar-refractivity contribution in [3.63, 3.8) is 0 Å². The number of aliphatic hydroxyl groups is 7. The Labute approximate surface area is 445 Å². The number of aliphatic carboxylic acids is 1. The van der Waals surface area contributed by atoms with Gasteiger partial charge in [0.1, 0.15) is 18.3 Å². The minimum Gasteiger partial charge on any atom is -0.478 e. The summed E-state index contributed by atoms with van der Waals surface area (Å²) in [6.07, 6.45) is 3.33. The van der Waals surface area contributed by atoms with Crippen molar-refractivity contribution in [2.24, 2.45) is 44.6 Å². The van der Waals surface area contributed by atoms with Crippen LogP contribution in [0, 0.1) is 23.2 Å². The van der Waals surface area contributed by atoms with Gasteiger partial charge in [-0.1, -0.05) is 67.5 Å². The number of allylic oxidation sites excluding steroid dienone is 1. The van der Waals surface area contributed by atoms with Crippen LogP contribution in [0.2, 0.25) is 0 Å². The van der Waals surface area contributed by atoms with Crippen molar-refractivity contribution in [2.45, 2.75) is 136 Å². The molecule has 7 aliphatic heterocycles. The summed E-state index contributed by atoms with van der Waals surface area (Å²) in [6, 6.07) is -1.24. The number of ether oxygens (including phenoxy) is 5. The number of carboxylic acids is 1. The molecule has 14 N–H and O–H groups in total. The van der Waals surface area contributed by atoms with Gasteiger partial charge in [0.15, 0.2) is 24.3 Å². The van der Waals surface area contributed by atoms with E-state index in [2.05, 4.69) is 15.6 Å². The molecule has 2 fully saturated rings. The van der Waals surface area contributed by atoms with E-state index in [4.69, 9.17) is 40.1 Å². The Hall–Kier alpha value is -3.22. The van der Waals surface area contributed by atoms with Crippen LogP contribution < -0.4 is 22.1 Å². The summed E-state index contributed by atoms with van der Waals surface area (Å²) >= 11 is 0. The number of aliphatic hydroxyl groups excluding tert-OH is 5. The number of fused-ring (bicyclic) bond motifs is 9. The molecule has 74 heavy (non-hydrogen) atoms. The van der Waals surface area contributed by atoms with Gasteiger partial charge in [-0.2, -0.15) is 0 Å². The highest BCUT2D eigenvalue weighted by Crippen LogP contribution is 2.53. The molecule has 8 aliphatic rings. The van der Waals surface area contributed by atoms with Crippen molar-refractivity contribution >= 4 is 67.0 Å². The number of nitrogens with one attached hydrogen (secondary N) is 2. The second kappa shape index (κ2) is 25.1. The fourth-order valence-electron chi connectivity index (χ4n) is 11.2. The van der Waals surface area contributed by atoms with Crippen LogP contribution in [0.25, 0.3) is 0 Å². The molecule has 0 aromatic heterocycles. The predicted octanol–water partition coefficient (Wildman–Crippen LogP) is 0.383. The van der Waals surface area contributed by atoms with Crippen molar-refractivity contribution < 1.29 is 74.1 Å². The molecule has 1 saturated heterocycles. The molecule has 1 aliphatic carbocycles. The van der Waals surface area contributed by atoms with E-state index in [1.54, 1.807) is 69.2 Å². The third-order valence-corrected chi connectivity index (χ3v) is 20.9. The predicted molar refractivity (Wildman–Crippen MR) is 280 cm³/mol. The smallest absolute Gasteiger partial charge is 0.339 e. The van der Waals surface area contributed by atoms with Crippen LogP contribution >= 0.6 is 43.2 Å². The molecule has 1 saturated carbocycles. The Balaban J connectivity index is 1.40. The zero-order chi connectivity index (χ0) is 52.9. The van der Waals surface area contributed by atoms with Gasteiger partial charge in [0.05, 0.1) is 65.2 Å². The summed E-state index contributed by atoms with van der Waals surface area (Å²) < 4.78 is 32.1. The Bertz CT molecular complexity index is 2240. The van der Waals surface area contributed by atoms with Crippen LogP contribution in [0.15, 0.2) is 69.2 Å². The molecular formula is C48H71N7O15S4. The topological polar surface area (TPSA) is 346 Å². The molecule has 26 heteroatoms. The van der Waals surface area contributed by atoms with Crippen LogP contribution in [-0.4, -0.2) is 198 Å². The third kappa shape index (κ3) is 12.4. The van der Waals surface area contributed by atoms with Crippen molar-refractivity contribution in [3.05, 3.63) is 59.2 Å². The third-order valence-electron chi connectivity index (χ3n) is 15.0. The fraction of sp³-hybridized carbons (Fsp3) is 0.708. The normalized spacial score (nSPS) is 37.6. The number of hydrogen-bond acceptors (Lipinski definition) is 23. The molecule has 412 valence electrons. The molecule has 15 unspecified atom stereocenters. The summed E-state index contributed by atoms with van der Waals surface area (Å²) in [6.45, 7) is 2.02. The number of nitrogens with two attached hydrogens (primary N) is 2. The molecule has 15 atom stereocenters. The number of carbonyl (C=O) groups excluding carboxylic acids is 1. The molecule has 22 nitrogen and oxygen atoms in total. The van der Waals surface area contributed by atoms with Crippen LogP contribution in [-0.2, 0) is 33.3 Å².